The molecule has 1 saturated heterocycles. The molecule has 0 spiro atoms. The molecule has 3 aliphatic heterocycles. The van der Waals surface area contributed by atoms with Gasteiger partial charge in [-0.15, -0.1) is 18.2 Å². The van der Waals surface area contributed by atoms with E-state index in [0.29, 0.717) is 24.1 Å². The van der Waals surface area contributed by atoms with Crippen LogP contribution in [-0.4, -0.2) is 94.4 Å². The molecule has 16 heteroatoms. The fourth-order valence-corrected chi connectivity index (χ4v) is 5.53. The number of amides is 4. The van der Waals surface area contributed by atoms with Crippen LogP contribution in [0.15, 0.2) is 45.8 Å². The van der Waals surface area contributed by atoms with E-state index in [-0.39, 0.29) is 36.1 Å². The lowest BCUT2D eigenvalue weighted by Gasteiger charge is -2.49. The first kappa shape index (κ1) is 28.1. The van der Waals surface area contributed by atoms with Crippen LogP contribution in [0.3, 0.4) is 0 Å². The number of hydrogen-bond donors (Lipinski definition) is 5. The van der Waals surface area contributed by atoms with Gasteiger partial charge < -0.3 is 25.8 Å². The molecule has 40 heavy (non-hydrogen) atoms. The molecule has 4 atom stereocenters. The number of carbonyl (C=O) groups is 5. The summed E-state index contributed by atoms with van der Waals surface area (Å²) in [6.07, 6.45) is 8.02. The van der Waals surface area contributed by atoms with Gasteiger partial charge in [-0.1, -0.05) is 5.92 Å². The number of thioether (sulfide) groups is 1. The zero-order valence-corrected chi connectivity index (χ0v) is 21.5. The van der Waals surface area contributed by atoms with Gasteiger partial charge in [0.25, 0.3) is 11.8 Å². The topological polar surface area (TPSA) is 207 Å². The van der Waals surface area contributed by atoms with Gasteiger partial charge in [0.15, 0.2) is 37.0 Å². The van der Waals surface area contributed by atoms with E-state index in [2.05, 4.69) is 31.9 Å². The predicted octanol–water partition coefficient (Wildman–Crippen LogP) is -2.13. The van der Waals surface area contributed by atoms with Crippen LogP contribution in [0.1, 0.15) is 0 Å². The van der Waals surface area contributed by atoms with Crippen LogP contribution in [0.2, 0.25) is 0 Å². The van der Waals surface area contributed by atoms with Crippen molar-refractivity contribution >= 4 is 65.8 Å². The number of carbonyl (C=O) groups excluding carboxylic acids is 4. The van der Waals surface area contributed by atoms with Gasteiger partial charge in [0.2, 0.25) is 12.8 Å². The minimum atomic E-state index is -1.46. The lowest BCUT2D eigenvalue weighted by atomic mass is 10.0. The molecule has 0 saturated carbocycles. The molecular weight excluding hydrogens is 544 g/mol. The number of aliphatic carboxylic acids is 1. The smallest absolute Gasteiger partial charge is 0.352 e. The Kier molecular flexibility index (Phi) is 8.67. The van der Waals surface area contributed by atoms with Crippen molar-refractivity contribution in [3.05, 3.63) is 35.8 Å². The number of ether oxygens (including phenoxy) is 1. The number of anilines is 1. The number of carboxylic acid groups (broad SMARTS) is 1. The highest BCUT2D eigenvalue weighted by Gasteiger charge is 2.55. The van der Waals surface area contributed by atoms with Crippen molar-refractivity contribution in [1.82, 2.24) is 15.5 Å². The van der Waals surface area contributed by atoms with Gasteiger partial charge in [-0.3, -0.25) is 29.5 Å². The van der Waals surface area contributed by atoms with Crippen LogP contribution in [0.5, 0.6) is 0 Å². The summed E-state index contributed by atoms with van der Waals surface area (Å²) in [6.45, 7) is -0.142. The third-order valence-corrected chi connectivity index (χ3v) is 7.27. The second-order valence-electron chi connectivity index (χ2n) is 8.46. The van der Waals surface area contributed by atoms with E-state index in [9.17, 15) is 29.1 Å². The largest absolute Gasteiger partial charge is 0.477 e. The Morgan fingerprint density at radius 2 is 2.20 bits per heavy atom. The maximum Gasteiger partial charge on any atom is 0.352 e. The van der Waals surface area contributed by atoms with Gasteiger partial charge in [0, 0.05) is 17.4 Å². The number of hydrogen-bond acceptors (Lipinski definition) is 10. The highest BCUT2D eigenvalue weighted by Crippen LogP contribution is 2.40. The summed E-state index contributed by atoms with van der Waals surface area (Å²) >= 11 is 1.28. The molecule has 0 aliphatic carbocycles. The molecule has 4 amide bonds. The van der Waals surface area contributed by atoms with Gasteiger partial charge in [-0.05, 0) is 6.07 Å². The maximum atomic E-state index is 13.2. The molecule has 4 heterocycles. The monoisotopic (exact) mass is 567 g/mol. The number of fused-ring (bicyclic) bond motifs is 1. The van der Waals surface area contributed by atoms with Crippen LogP contribution in [-0.2, 0) is 35.3 Å². The molecule has 3 aliphatic rings. The fraction of sp³-hybridized carbons (Fsp3) is 0.292. The molecule has 4 rings (SSSR count). The minimum absolute atomic E-state index is 0.121. The molecule has 1 aromatic heterocycles. The number of amidine groups is 1. The molecular formula is C24H23N8O7S+. The van der Waals surface area contributed by atoms with E-state index in [1.807, 2.05) is 0 Å². The van der Waals surface area contributed by atoms with Crippen molar-refractivity contribution in [3.8, 4) is 12.3 Å². The van der Waals surface area contributed by atoms with Crippen molar-refractivity contribution < 1.29 is 38.4 Å². The molecule has 3 unspecified atom stereocenters. The average Bonchev–Trinajstić information content (AvgIpc) is 2.93. The lowest BCUT2D eigenvalue weighted by molar-refractivity contribution is -0.688. The van der Waals surface area contributed by atoms with Crippen molar-refractivity contribution in [3.63, 3.8) is 0 Å². The van der Waals surface area contributed by atoms with Crippen LogP contribution < -0.4 is 20.5 Å². The summed E-state index contributed by atoms with van der Waals surface area (Å²) in [5, 5.41) is 24.5. The van der Waals surface area contributed by atoms with Crippen LogP contribution in [0, 0.1) is 17.8 Å². The molecule has 0 aromatic carbocycles. The predicted molar refractivity (Wildman–Crippen MR) is 141 cm³/mol. The molecule has 0 bridgehead atoms. The summed E-state index contributed by atoms with van der Waals surface area (Å²) < 4.78 is 7.10. The van der Waals surface area contributed by atoms with Crippen molar-refractivity contribution in [2.24, 2.45) is 9.98 Å². The number of aliphatic imine (C=N–C) groups is 2. The zero-order valence-electron chi connectivity index (χ0n) is 20.6. The third kappa shape index (κ3) is 5.75. The first-order chi connectivity index (χ1) is 19.3. The molecule has 5 N–H and O–H groups in total. The highest BCUT2D eigenvalue weighted by molar-refractivity contribution is 8.00. The zero-order chi connectivity index (χ0) is 28.8. The Hall–Kier alpha value is -4.88. The number of carboxylic acids is 1. The Morgan fingerprint density at radius 3 is 2.90 bits per heavy atom. The second kappa shape index (κ2) is 12.3. The second-order valence-corrected chi connectivity index (χ2v) is 9.57. The first-order valence-corrected chi connectivity index (χ1v) is 12.7. The number of β-lactam (4-membered cyclic amide) rings is 1. The van der Waals surface area contributed by atoms with E-state index in [0.717, 1.165) is 11.1 Å². The average molecular weight is 568 g/mol. The van der Waals surface area contributed by atoms with E-state index < -0.39 is 41.5 Å². The van der Waals surface area contributed by atoms with E-state index >= 15 is 0 Å². The SMILES string of the molecule is C#CCOC(C(=O)NC1C(=O)N2C(C(=O)O)=C(C[n+]3cccc(NC=O)c3)CS[C@H]12)C1=NC(NC=O)C(=N)C=N1. The van der Waals surface area contributed by atoms with Crippen LogP contribution >= 0.6 is 11.8 Å². The Bertz CT molecular complexity index is 1400. The maximum absolute atomic E-state index is 13.2. The van der Waals surface area contributed by atoms with Gasteiger partial charge >= 0.3 is 5.97 Å². The lowest BCUT2D eigenvalue weighted by Crippen LogP contribution is -2.71. The number of rotatable bonds is 12. The Labute approximate surface area is 231 Å². The van der Waals surface area contributed by atoms with Gasteiger partial charge in [-0.25, -0.2) is 14.8 Å². The third-order valence-electron chi connectivity index (χ3n) is 5.93. The summed E-state index contributed by atoms with van der Waals surface area (Å²) in [5.41, 5.74) is 0.683. The van der Waals surface area contributed by atoms with E-state index in [1.54, 1.807) is 29.1 Å². The van der Waals surface area contributed by atoms with Gasteiger partial charge in [0.05, 0.1) is 11.9 Å². The standard InChI is InChI=1S/C24H22N8O7S/c1-2-6-39-18(20-26-7-15(25)19(30-20)28-12-34)21(35)29-16-22(36)32-17(24(37)38)13(10-40-23(16)32)8-31-5-3-4-14(9-31)27-11-33/h1,3-5,7,9,11-12,16,18-19,23,25H,6,8,10H2,(H3-,27,28,29,33,34,35,37,38)/p+1/t16?,18?,19?,23-/m1/s1. The number of terminal acetylenes is 1. The summed E-state index contributed by atoms with van der Waals surface area (Å²) in [6, 6.07) is 2.29. The summed E-state index contributed by atoms with van der Waals surface area (Å²) in [5.74, 6) is -0.403. The van der Waals surface area contributed by atoms with E-state index in [1.165, 1.54) is 11.8 Å². The van der Waals surface area contributed by atoms with Gasteiger partial charge in [0.1, 0.15) is 29.4 Å². The van der Waals surface area contributed by atoms with Crippen molar-refractivity contribution in [2.45, 2.75) is 30.2 Å². The quantitative estimate of drug-likeness (QED) is 0.0814. The molecule has 1 fully saturated rings. The Balaban J connectivity index is 1.52. The molecule has 15 nitrogen and oxygen atoms in total. The van der Waals surface area contributed by atoms with Crippen LogP contribution in [0.25, 0.3) is 0 Å². The molecule has 0 radical (unpaired) electrons. The first-order valence-electron chi connectivity index (χ1n) is 11.6. The highest BCUT2D eigenvalue weighted by atomic mass is 32.2. The Morgan fingerprint density at radius 1 is 1.40 bits per heavy atom. The normalized spacial score (nSPS) is 22.2. The summed E-state index contributed by atoms with van der Waals surface area (Å²) in [7, 11) is 0. The van der Waals surface area contributed by atoms with Crippen molar-refractivity contribution in [1.29, 1.82) is 5.41 Å². The molecule has 206 valence electrons. The summed E-state index contributed by atoms with van der Waals surface area (Å²) in [4.78, 5) is 69.2. The van der Waals surface area contributed by atoms with E-state index in [4.69, 9.17) is 16.6 Å². The van der Waals surface area contributed by atoms with Gasteiger partial charge in [-0.2, -0.15) is 4.57 Å². The molecule has 1 aromatic rings. The fourth-order valence-electron chi connectivity index (χ4n) is 4.20. The van der Waals surface area contributed by atoms with Crippen LogP contribution in [0.4, 0.5) is 5.69 Å². The van der Waals surface area contributed by atoms with Crippen molar-refractivity contribution in [2.75, 3.05) is 17.7 Å². The minimum Gasteiger partial charge on any atom is -0.477 e. The number of aromatic nitrogens is 1. The number of pyridine rings is 1. The number of nitrogens with zero attached hydrogens (tertiary/aromatic N) is 4. The number of nitrogens with one attached hydrogen (secondary N) is 4.